The van der Waals surface area contributed by atoms with Crippen LogP contribution in [0.15, 0.2) is 12.3 Å². The largest absolute Gasteiger partial charge is 0.393 e. The number of hydrogen-bond acceptors (Lipinski definition) is 4. The zero-order valence-electron chi connectivity index (χ0n) is 9.27. The highest BCUT2D eigenvalue weighted by atomic mass is 16.3. The topological polar surface area (TPSA) is 68.9 Å². The number of nitrogens with one attached hydrogen (secondary N) is 1. The molecule has 84 valence electrons. The third kappa shape index (κ3) is 2.15. The van der Waals surface area contributed by atoms with Crippen molar-refractivity contribution in [2.24, 2.45) is 5.92 Å². The highest BCUT2D eigenvalue weighted by Gasteiger charge is 2.26. The molecule has 4 nitrogen and oxygen atoms in total. The van der Waals surface area contributed by atoms with E-state index in [1.807, 2.05) is 13.0 Å². The fourth-order valence-electron chi connectivity index (χ4n) is 1.94. The average molecular weight is 217 g/mol. The lowest BCUT2D eigenvalue weighted by molar-refractivity contribution is 0.0486. The molecule has 1 fully saturated rings. The Morgan fingerprint density at radius 3 is 3.00 bits per heavy atom. The van der Waals surface area contributed by atoms with Crippen molar-refractivity contribution in [2.45, 2.75) is 25.9 Å². The fraction of sp³-hybridized carbons (Fsp3) is 0.500. The summed E-state index contributed by atoms with van der Waals surface area (Å²) in [5.74, 6) is 1.16. The fourth-order valence-corrected chi connectivity index (χ4v) is 1.94. The minimum atomic E-state index is -0.132. The number of aliphatic hydroxyl groups excluding tert-OH is 1. The molecule has 0 aromatic carbocycles. The van der Waals surface area contributed by atoms with Crippen LogP contribution in [0.3, 0.4) is 0 Å². The molecule has 1 aromatic rings. The van der Waals surface area contributed by atoms with Crippen molar-refractivity contribution < 1.29 is 5.11 Å². The molecule has 0 bridgehead atoms. The number of nitrogens with zero attached hydrogens (tertiary/aromatic N) is 2. The van der Waals surface area contributed by atoms with Gasteiger partial charge in [-0.15, -0.1) is 0 Å². The third-order valence-corrected chi connectivity index (χ3v) is 3.04. The van der Waals surface area contributed by atoms with Crippen LogP contribution >= 0.6 is 0 Å². The second-order valence-electron chi connectivity index (χ2n) is 4.34. The van der Waals surface area contributed by atoms with Crippen LogP contribution in [-0.4, -0.2) is 22.7 Å². The Kier molecular flexibility index (Phi) is 3.07. The SMILES string of the molecule is Cc1ccnc(NCC2CC(O)C2)c1C#N. The summed E-state index contributed by atoms with van der Waals surface area (Å²) < 4.78 is 0. The summed E-state index contributed by atoms with van der Waals surface area (Å²) in [4.78, 5) is 4.16. The number of pyridine rings is 1. The van der Waals surface area contributed by atoms with Crippen LogP contribution in [0.25, 0.3) is 0 Å². The summed E-state index contributed by atoms with van der Waals surface area (Å²) in [5, 5.41) is 21.4. The monoisotopic (exact) mass is 217 g/mol. The van der Waals surface area contributed by atoms with Crippen molar-refractivity contribution >= 4 is 5.82 Å². The van der Waals surface area contributed by atoms with Crippen LogP contribution in [0.5, 0.6) is 0 Å². The highest BCUT2D eigenvalue weighted by Crippen LogP contribution is 2.27. The van der Waals surface area contributed by atoms with Crippen molar-refractivity contribution in [1.82, 2.24) is 4.98 Å². The van der Waals surface area contributed by atoms with Gasteiger partial charge >= 0.3 is 0 Å². The van der Waals surface area contributed by atoms with Crippen LogP contribution in [-0.2, 0) is 0 Å². The molecular weight excluding hydrogens is 202 g/mol. The average Bonchev–Trinajstić information content (AvgIpc) is 2.23. The number of aryl methyl sites for hydroxylation is 1. The van der Waals surface area contributed by atoms with Gasteiger partial charge in [-0.2, -0.15) is 5.26 Å². The van der Waals surface area contributed by atoms with Gasteiger partial charge < -0.3 is 10.4 Å². The van der Waals surface area contributed by atoms with Gasteiger partial charge in [-0.1, -0.05) is 0 Å². The molecule has 0 atom stereocenters. The Balaban J connectivity index is 1.99. The zero-order chi connectivity index (χ0) is 11.5. The molecule has 1 aliphatic rings. The maximum absolute atomic E-state index is 9.16. The molecule has 0 aliphatic heterocycles. The smallest absolute Gasteiger partial charge is 0.144 e. The van der Waals surface area contributed by atoms with E-state index in [1.165, 1.54) is 0 Å². The molecule has 1 aromatic heterocycles. The molecule has 4 heteroatoms. The summed E-state index contributed by atoms with van der Waals surface area (Å²) in [5.41, 5.74) is 1.55. The Labute approximate surface area is 94.9 Å². The molecule has 0 spiro atoms. The van der Waals surface area contributed by atoms with Crippen LogP contribution in [0, 0.1) is 24.2 Å². The van der Waals surface area contributed by atoms with Crippen LogP contribution in [0.4, 0.5) is 5.82 Å². The van der Waals surface area contributed by atoms with Gasteiger partial charge in [0.1, 0.15) is 11.9 Å². The Morgan fingerprint density at radius 1 is 1.62 bits per heavy atom. The van der Waals surface area contributed by atoms with Gasteiger partial charge in [0.15, 0.2) is 0 Å². The van der Waals surface area contributed by atoms with Crippen molar-refractivity contribution in [1.29, 1.82) is 5.26 Å². The number of hydrogen-bond donors (Lipinski definition) is 2. The first-order valence-corrected chi connectivity index (χ1v) is 5.48. The molecule has 16 heavy (non-hydrogen) atoms. The van der Waals surface area contributed by atoms with E-state index in [-0.39, 0.29) is 6.10 Å². The summed E-state index contributed by atoms with van der Waals surface area (Å²) in [6.07, 6.45) is 3.27. The van der Waals surface area contributed by atoms with Gasteiger partial charge in [0.2, 0.25) is 0 Å². The van der Waals surface area contributed by atoms with E-state index in [1.54, 1.807) is 6.20 Å². The van der Waals surface area contributed by atoms with E-state index in [0.717, 1.165) is 24.9 Å². The number of rotatable bonds is 3. The van der Waals surface area contributed by atoms with E-state index < -0.39 is 0 Å². The van der Waals surface area contributed by atoms with Crippen LogP contribution in [0.1, 0.15) is 24.0 Å². The Morgan fingerprint density at radius 2 is 2.38 bits per heavy atom. The van der Waals surface area contributed by atoms with Gasteiger partial charge in [0, 0.05) is 12.7 Å². The highest BCUT2D eigenvalue weighted by molar-refractivity contribution is 5.55. The molecule has 0 amide bonds. The maximum atomic E-state index is 9.16. The Hall–Kier alpha value is -1.60. The number of aromatic nitrogens is 1. The molecule has 2 N–H and O–H groups in total. The predicted molar refractivity (Wildman–Crippen MR) is 60.9 cm³/mol. The van der Waals surface area contributed by atoms with Gasteiger partial charge in [-0.05, 0) is 37.3 Å². The molecule has 1 aliphatic carbocycles. The van der Waals surface area contributed by atoms with E-state index in [2.05, 4.69) is 16.4 Å². The summed E-state index contributed by atoms with van der Waals surface area (Å²) in [6, 6.07) is 3.99. The third-order valence-electron chi connectivity index (χ3n) is 3.04. The second kappa shape index (κ2) is 4.50. The molecule has 0 radical (unpaired) electrons. The lowest BCUT2D eigenvalue weighted by Crippen LogP contribution is -2.33. The first kappa shape index (κ1) is 10.9. The first-order valence-electron chi connectivity index (χ1n) is 5.48. The standard InChI is InChI=1S/C12H15N3O/c1-8-2-3-14-12(11(8)6-13)15-7-9-4-10(16)5-9/h2-3,9-10,16H,4-5,7H2,1H3,(H,14,15). The molecule has 0 saturated heterocycles. The van der Waals surface area contributed by atoms with E-state index in [0.29, 0.717) is 17.3 Å². The van der Waals surface area contributed by atoms with Crippen molar-refractivity contribution in [3.05, 3.63) is 23.4 Å². The summed E-state index contributed by atoms with van der Waals surface area (Å²) >= 11 is 0. The molecule has 1 heterocycles. The number of anilines is 1. The van der Waals surface area contributed by atoms with Crippen LogP contribution < -0.4 is 5.32 Å². The minimum absolute atomic E-state index is 0.132. The van der Waals surface area contributed by atoms with Crippen molar-refractivity contribution in [3.63, 3.8) is 0 Å². The minimum Gasteiger partial charge on any atom is -0.393 e. The predicted octanol–water partition coefficient (Wildman–Crippen LogP) is 1.44. The molecule has 0 unspecified atom stereocenters. The first-order chi connectivity index (χ1) is 7.70. The Bertz CT molecular complexity index is 419. The summed E-state index contributed by atoms with van der Waals surface area (Å²) in [6.45, 7) is 2.68. The zero-order valence-corrected chi connectivity index (χ0v) is 9.27. The van der Waals surface area contributed by atoms with Crippen molar-refractivity contribution in [2.75, 3.05) is 11.9 Å². The number of nitriles is 1. The summed E-state index contributed by atoms with van der Waals surface area (Å²) in [7, 11) is 0. The van der Waals surface area contributed by atoms with Gasteiger partial charge in [-0.3, -0.25) is 0 Å². The molecular formula is C12H15N3O. The second-order valence-corrected chi connectivity index (χ2v) is 4.34. The van der Waals surface area contributed by atoms with Crippen LogP contribution in [0.2, 0.25) is 0 Å². The lowest BCUT2D eigenvalue weighted by Gasteiger charge is -2.31. The maximum Gasteiger partial charge on any atom is 0.144 e. The lowest BCUT2D eigenvalue weighted by atomic mass is 9.82. The number of aliphatic hydroxyl groups is 1. The normalized spacial score (nSPS) is 23.3. The van der Waals surface area contributed by atoms with Gasteiger partial charge in [0.25, 0.3) is 0 Å². The van der Waals surface area contributed by atoms with Crippen molar-refractivity contribution in [3.8, 4) is 6.07 Å². The molecule has 2 rings (SSSR count). The van der Waals surface area contributed by atoms with Gasteiger partial charge in [0.05, 0.1) is 11.7 Å². The molecule has 1 saturated carbocycles. The quantitative estimate of drug-likeness (QED) is 0.804. The van der Waals surface area contributed by atoms with Gasteiger partial charge in [-0.25, -0.2) is 4.98 Å². The van der Waals surface area contributed by atoms with E-state index in [9.17, 15) is 0 Å². The van der Waals surface area contributed by atoms with E-state index >= 15 is 0 Å². The van der Waals surface area contributed by atoms with E-state index in [4.69, 9.17) is 10.4 Å².